The third kappa shape index (κ3) is 4.86. The Morgan fingerprint density at radius 1 is 1.21 bits per heavy atom. The molecule has 0 N–H and O–H groups in total. The fraction of sp³-hybridized carbons (Fsp3) is 0.550. The molecular formula is C20H27FN4O3. The molecule has 1 unspecified atom stereocenters. The van der Waals surface area contributed by atoms with Gasteiger partial charge in [0, 0.05) is 31.6 Å². The van der Waals surface area contributed by atoms with Crippen LogP contribution in [0.1, 0.15) is 45.5 Å². The van der Waals surface area contributed by atoms with Gasteiger partial charge in [0.1, 0.15) is 11.6 Å². The Morgan fingerprint density at radius 3 is 2.43 bits per heavy atom. The van der Waals surface area contributed by atoms with Gasteiger partial charge in [-0.25, -0.2) is 4.39 Å². The Kier molecular flexibility index (Phi) is 5.98. The highest BCUT2D eigenvalue weighted by Crippen LogP contribution is 2.24. The van der Waals surface area contributed by atoms with E-state index in [1.807, 2.05) is 27.7 Å². The van der Waals surface area contributed by atoms with Crippen molar-refractivity contribution in [1.82, 2.24) is 19.9 Å². The Morgan fingerprint density at radius 2 is 1.86 bits per heavy atom. The van der Waals surface area contributed by atoms with Crippen molar-refractivity contribution in [2.45, 2.75) is 39.2 Å². The molecule has 1 fully saturated rings. The van der Waals surface area contributed by atoms with Crippen molar-refractivity contribution in [1.29, 1.82) is 0 Å². The predicted octanol–water partition coefficient (Wildman–Crippen LogP) is 2.79. The molecule has 0 radical (unpaired) electrons. The third-order valence-corrected chi connectivity index (χ3v) is 4.86. The van der Waals surface area contributed by atoms with Gasteiger partial charge in [0.2, 0.25) is 5.89 Å². The molecule has 2 heterocycles. The number of carbonyl (C=O) groups is 1. The van der Waals surface area contributed by atoms with Crippen molar-refractivity contribution in [3.8, 4) is 5.75 Å². The van der Waals surface area contributed by atoms with Crippen LogP contribution in [-0.2, 0) is 10.2 Å². The van der Waals surface area contributed by atoms with E-state index >= 15 is 0 Å². The molecule has 1 atom stereocenters. The van der Waals surface area contributed by atoms with Crippen molar-refractivity contribution in [2.75, 3.05) is 32.8 Å². The molecular weight excluding hydrogens is 363 g/mol. The average Bonchev–Trinajstić information content (AvgIpc) is 3.17. The fourth-order valence-electron chi connectivity index (χ4n) is 2.99. The molecule has 1 aliphatic heterocycles. The highest BCUT2D eigenvalue weighted by Gasteiger charge is 2.29. The number of halogens is 1. The highest BCUT2D eigenvalue weighted by molar-refractivity contribution is 5.77. The first-order valence-electron chi connectivity index (χ1n) is 9.48. The maximum atomic E-state index is 12.9. The molecule has 0 spiro atoms. The highest BCUT2D eigenvalue weighted by atomic mass is 19.1. The number of hydrogen-bond donors (Lipinski definition) is 0. The van der Waals surface area contributed by atoms with Gasteiger partial charge in [-0.3, -0.25) is 9.69 Å². The van der Waals surface area contributed by atoms with Gasteiger partial charge >= 0.3 is 0 Å². The number of benzene rings is 1. The average molecular weight is 390 g/mol. The summed E-state index contributed by atoms with van der Waals surface area (Å²) in [4.78, 5) is 20.9. The zero-order chi connectivity index (χ0) is 20.3. The maximum absolute atomic E-state index is 12.9. The van der Waals surface area contributed by atoms with Gasteiger partial charge in [-0.05, 0) is 31.2 Å². The molecule has 8 heteroatoms. The van der Waals surface area contributed by atoms with E-state index in [-0.39, 0.29) is 29.8 Å². The predicted molar refractivity (Wildman–Crippen MR) is 101 cm³/mol. The minimum Gasteiger partial charge on any atom is -0.484 e. The van der Waals surface area contributed by atoms with Gasteiger partial charge in [0.05, 0.1) is 6.04 Å². The first-order valence-corrected chi connectivity index (χ1v) is 9.48. The normalized spacial score (nSPS) is 16.8. The van der Waals surface area contributed by atoms with Crippen LogP contribution in [0.5, 0.6) is 5.75 Å². The number of piperazine rings is 1. The Labute approximate surface area is 164 Å². The summed E-state index contributed by atoms with van der Waals surface area (Å²) in [5.74, 6) is 1.36. The lowest BCUT2D eigenvalue weighted by Gasteiger charge is -2.36. The monoisotopic (exact) mass is 390 g/mol. The van der Waals surface area contributed by atoms with Crippen LogP contribution < -0.4 is 4.74 Å². The SMILES string of the molecule is CC(c1nc(C(C)(C)C)no1)N1CCN(C(=O)COc2ccc(F)cc2)CC1. The smallest absolute Gasteiger partial charge is 0.260 e. The number of ether oxygens (including phenoxy) is 1. The van der Waals surface area contributed by atoms with E-state index < -0.39 is 0 Å². The topological polar surface area (TPSA) is 71.7 Å². The van der Waals surface area contributed by atoms with Crippen molar-refractivity contribution < 1.29 is 18.4 Å². The van der Waals surface area contributed by atoms with Crippen molar-refractivity contribution in [2.24, 2.45) is 0 Å². The molecule has 3 rings (SSSR count). The number of rotatable bonds is 5. The lowest BCUT2D eigenvalue weighted by molar-refractivity contribution is -0.135. The Bertz CT molecular complexity index is 793. The zero-order valence-electron chi connectivity index (χ0n) is 16.8. The summed E-state index contributed by atoms with van der Waals surface area (Å²) >= 11 is 0. The van der Waals surface area contributed by atoms with Gasteiger partial charge in [0.15, 0.2) is 12.4 Å². The summed E-state index contributed by atoms with van der Waals surface area (Å²) in [6, 6.07) is 5.64. The van der Waals surface area contributed by atoms with Crippen LogP contribution in [0, 0.1) is 5.82 Å². The van der Waals surface area contributed by atoms with Gasteiger partial charge in [-0.2, -0.15) is 4.98 Å². The molecule has 1 amide bonds. The first kappa shape index (κ1) is 20.3. The summed E-state index contributed by atoms with van der Waals surface area (Å²) in [6.07, 6.45) is 0. The van der Waals surface area contributed by atoms with Crippen LogP contribution in [0.3, 0.4) is 0 Å². The number of amides is 1. The molecule has 1 aromatic carbocycles. The van der Waals surface area contributed by atoms with E-state index in [4.69, 9.17) is 9.26 Å². The number of nitrogens with zero attached hydrogens (tertiary/aromatic N) is 4. The molecule has 2 aromatic rings. The number of aromatic nitrogens is 2. The van der Waals surface area contributed by atoms with E-state index in [1.54, 1.807) is 4.90 Å². The molecule has 1 saturated heterocycles. The van der Waals surface area contributed by atoms with E-state index in [0.29, 0.717) is 30.6 Å². The van der Waals surface area contributed by atoms with Crippen LogP contribution in [0.2, 0.25) is 0 Å². The Balaban J connectivity index is 1.48. The van der Waals surface area contributed by atoms with Gasteiger partial charge in [-0.15, -0.1) is 0 Å². The number of carbonyl (C=O) groups excluding carboxylic acids is 1. The lowest BCUT2D eigenvalue weighted by Crippen LogP contribution is -2.50. The van der Waals surface area contributed by atoms with Crippen molar-refractivity contribution >= 4 is 5.91 Å². The molecule has 1 aliphatic rings. The fourth-order valence-corrected chi connectivity index (χ4v) is 2.99. The molecule has 0 saturated carbocycles. The van der Waals surface area contributed by atoms with Crippen LogP contribution in [0.15, 0.2) is 28.8 Å². The van der Waals surface area contributed by atoms with Gasteiger partial charge < -0.3 is 14.2 Å². The van der Waals surface area contributed by atoms with Crippen molar-refractivity contribution in [3.63, 3.8) is 0 Å². The van der Waals surface area contributed by atoms with Crippen LogP contribution in [0.4, 0.5) is 4.39 Å². The summed E-state index contributed by atoms with van der Waals surface area (Å²) in [7, 11) is 0. The standard InChI is InChI=1S/C20H27FN4O3/c1-14(18-22-19(23-28-18)20(2,3)4)24-9-11-25(12-10-24)17(26)13-27-16-7-5-15(21)6-8-16/h5-8,14H,9-13H2,1-4H3. The van der Waals surface area contributed by atoms with E-state index in [1.165, 1.54) is 24.3 Å². The van der Waals surface area contributed by atoms with Crippen LogP contribution in [-0.4, -0.2) is 58.6 Å². The van der Waals surface area contributed by atoms with Gasteiger partial charge in [0.25, 0.3) is 5.91 Å². The van der Waals surface area contributed by atoms with Crippen molar-refractivity contribution in [3.05, 3.63) is 41.8 Å². The number of hydrogen-bond acceptors (Lipinski definition) is 6. The quantitative estimate of drug-likeness (QED) is 0.782. The molecule has 28 heavy (non-hydrogen) atoms. The Hall–Kier alpha value is -2.48. The zero-order valence-corrected chi connectivity index (χ0v) is 16.8. The summed E-state index contributed by atoms with van der Waals surface area (Å²) in [5.41, 5.74) is -0.156. The summed E-state index contributed by atoms with van der Waals surface area (Å²) in [6.45, 7) is 10.8. The second kappa shape index (κ2) is 8.26. The largest absolute Gasteiger partial charge is 0.484 e. The summed E-state index contributed by atoms with van der Waals surface area (Å²) < 4.78 is 23.8. The lowest BCUT2D eigenvalue weighted by atomic mass is 9.96. The van der Waals surface area contributed by atoms with E-state index in [9.17, 15) is 9.18 Å². The molecule has 7 nitrogen and oxygen atoms in total. The van der Waals surface area contributed by atoms with E-state index in [0.717, 1.165) is 13.1 Å². The summed E-state index contributed by atoms with van der Waals surface area (Å²) in [5, 5.41) is 4.09. The molecule has 0 bridgehead atoms. The van der Waals surface area contributed by atoms with Crippen LogP contribution in [0.25, 0.3) is 0 Å². The first-order chi connectivity index (χ1) is 13.2. The molecule has 1 aromatic heterocycles. The van der Waals surface area contributed by atoms with Gasteiger partial charge in [-0.1, -0.05) is 25.9 Å². The second-order valence-corrected chi connectivity index (χ2v) is 8.04. The molecule has 0 aliphatic carbocycles. The second-order valence-electron chi connectivity index (χ2n) is 8.04. The third-order valence-electron chi connectivity index (χ3n) is 4.86. The minimum atomic E-state index is -0.334. The maximum Gasteiger partial charge on any atom is 0.260 e. The minimum absolute atomic E-state index is 0.00341. The molecule has 152 valence electrons. The van der Waals surface area contributed by atoms with Crippen LogP contribution >= 0.6 is 0 Å². The van der Waals surface area contributed by atoms with E-state index in [2.05, 4.69) is 15.0 Å².